The van der Waals surface area contributed by atoms with Crippen LogP contribution in [-0.2, 0) is 10.8 Å². The van der Waals surface area contributed by atoms with E-state index >= 15 is 0 Å². The highest BCUT2D eigenvalue weighted by Gasteiger charge is 2.44. The summed E-state index contributed by atoms with van der Waals surface area (Å²) in [6.07, 6.45) is 0. The molecule has 9 aromatic rings. The SMILES string of the molecule is CC1(C)c2ccccc2N2c3ccccc3N(c3ccc4sc5ccc(N6c7ccccc7N7c8ccccc8C(C)(C)c8cccc6c87)cc5c4c3)c3cccc1c32. The normalized spacial score (nSPS) is 15.9. The molecule has 0 N–H and O–H groups in total. The topological polar surface area (TPSA) is 13.0 Å². The summed E-state index contributed by atoms with van der Waals surface area (Å²) in [4.78, 5) is 9.99. The Kier molecular flexibility index (Phi) is 6.43. The van der Waals surface area contributed by atoms with E-state index in [1.807, 2.05) is 11.3 Å². The number of fused-ring (bicyclic) bond motifs is 11. The third-order valence-corrected chi connectivity index (χ3v) is 14.8. The first-order valence-electron chi connectivity index (χ1n) is 20.6. The monoisotopic (exact) mass is 776 g/mol. The molecular weight excluding hydrogens is 737 g/mol. The van der Waals surface area contributed by atoms with E-state index in [0.29, 0.717) is 0 Å². The van der Waals surface area contributed by atoms with Crippen molar-refractivity contribution in [3.05, 3.63) is 192 Å². The number of rotatable bonds is 2. The smallest absolute Gasteiger partial charge is 0.0744 e. The number of nitrogens with zero attached hydrogens (tertiary/aromatic N) is 4. The Hall–Kier alpha value is -6.82. The first-order chi connectivity index (χ1) is 28.8. The number of anilines is 12. The number of hydrogen-bond donors (Lipinski definition) is 0. The van der Waals surface area contributed by atoms with Gasteiger partial charge in [-0.3, -0.25) is 0 Å². The van der Waals surface area contributed by atoms with Crippen molar-refractivity contribution in [2.24, 2.45) is 0 Å². The van der Waals surface area contributed by atoms with Gasteiger partial charge in [0.25, 0.3) is 0 Å². The molecule has 4 aliphatic heterocycles. The summed E-state index contributed by atoms with van der Waals surface area (Å²) in [5.74, 6) is 0. The summed E-state index contributed by atoms with van der Waals surface area (Å²) in [6, 6.07) is 63.6. The molecule has 282 valence electrons. The molecule has 4 aliphatic rings. The number of benzene rings is 8. The molecule has 5 heteroatoms. The van der Waals surface area contributed by atoms with Crippen LogP contribution < -0.4 is 19.6 Å². The number of thiophene rings is 1. The molecular formula is C54H40N4S. The third kappa shape index (κ3) is 4.22. The van der Waals surface area contributed by atoms with E-state index in [4.69, 9.17) is 0 Å². The van der Waals surface area contributed by atoms with Gasteiger partial charge in [0.15, 0.2) is 0 Å². The van der Waals surface area contributed by atoms with Crippen LogP contribution in [0.25, 0.3) is 20.2 Å². The lowest BCUT2D eigenvalue weighted by molar-refractivity contribution is 0.631. The van der Waals surface area contributed by atoms with Crippen LogP contribution in [-0.4, -0.2) is 0 Å². The van der Waals surface area contributed by atoms with Gasteiger partial charge in [-0.05, 0) is 107 Å². The Bertz CT molecular complexity index is 3060. The molecule has 59 heavy (non-hydrogen) atoms. The molecule has 5 heterocycles. The zero-order valence-electron chi connectivity index (χ0n) is 33.4. The first kappa shape index (κ1) is 33.2. The maximum atomic E-state index is 2.50. The summed E-state index contributed by atoms with van der Waals surface area (Å²) in [6.45, 7) is 9.48. The molecule has 4 nitrogen and oxygen atoms in total. The number of para-hydroxylation sites is 8. The van der Waals surface area contributed by atoms with Gasteiger partial charge in [-0.1, -0.05) is 113 Å². The zero-order valence-corrected chi connectivity index (χ0v) is 34.2. The lowest BCUT2D eigenvalue weighted by atomic mass is 9.72. The van der Waals surface area contributed by atoms with Gasteiger partial charge in [0, 0.05) is 42.4 Å². The average Bonchev–Trinajstić information content (AvgIpc) is 3.63. The molecule has 0 aliphatic carbocycles. The van der Waals surface area contributed by atoms with Crippen LogP contribution >= 0.6 is 11.3 Å². The van der Waals surface area contributed by atoms with E-state index < -0.39 is 0 Å². The summed E-state index contributed by atoms with van der Waals surface area (Å²) < 4.78 is 2.58. The molecule has 0 bridgehead atoms. The molecule has 0 spiro atoms. The Labute approximate surface area is 348 Å². The molecule has 0 unspecified atom stereocenters. The largest absolute Gasteiger partial charge is 0.306 e. The Morgan fingerprint density at radius 1 is 0.322 bits per heavy atom. The van der Waals surface area contributed by atoms with E-state index in [2.05, 4.69) is 217 Å². The van der Waals surface area contributed by atoms with Gasteiger partial charge in [-0.15, -0.1) is 11.3 Å². The predicted octanol–water partition coefficient (Wildman–Crippen LogP) is 15.8. The van der Waals surface area contributed by atoms with Crippen LogP contribution in [0.1, 0.15) is 49.9 Å². The van der Waals surface area contributed by atoms with Crippen LogP contribution in [0.4, 0.5) is 68.2 Å². The Morgan fingerprint density at radius 2 is 0.661 bits per heavy atom. The second-order valence-electron chi connectivity index (χ2n) is 17.4. The minimum Gasteiger partial charge on any atom is -0.306 e. The van der Waals surface area contributed by atoms with Gasteiger partial charge >= 0.3 is 0 Å². The zero-order chi connectivity index (χ0) is 39.4. The van der Waals surface area contributed by atoms with Crippen LogP contribution in [0, 0.1) is 0 Å². The van der Waals surface area contributed by atoms with Crippen molar-refractivity contribution in [2.75, 3.05) is 19.6 Å². The van der Waals surface area contributed by atoms with Crippen molar-refractivity contribution in [3.63, 3.8) is 0 Å². The van der Waals surface area contributed by atoms with Crippen LogP contribution in [0.3, 0.4) is 0 Å². The minimum atomic E-state index is -0.151. The van der Waals surface area contributed by atoms with E-state index in [1.54, 1.807) is 0 Å². The third-order valence-electron chi connectivity index (χ3n) is 13.6. The molecule has 0 radical (unpaired) electrons. The fourth-order valence-corrected chi connectivity index (χ4v) is 11.9. The van der Waals surface area contributed by atoms with Crippen LogP contribution in [0.15, 0.2) is 170 Å². The second kappa shape index (κ2) is 11.4. The van der Waals surface area contributed by atoms with Crippen molar-refractivity contribution in [3.8, 4) is 0 Å². The first-order valence-corrected chi connectivity index (χ1v) is 21.4. The fourth-order valence-electron chi connectivity index (χ4n) is 10.9. The van der Waals surface area contributed by atoms with E-state index in [0.717, 1.165) is 11.4 Å². The molecule has 0 atom stereocenters. The quantitative estimate of drug-likeness (QED) is 0.173. The molecule has 1 aromatic heterocycles. The van der Waals surface area contributed by atoms with Crippen molar-refractivity contribution in [1.29, 1.82) is 0 Å². The standard InChI is InChI=1S/C54H40N4S/c1-53(2)37-15-5-7-19-41(37)57-45-23-11-9-21-43(45)55(47-25-13-17-39(53)51(47)57)33-27-29-49-35(31-33)36-32-34(28-30-50(36)59-49)56-44-22-10-12-24-46(44)58-42-20-8-6-16-38(42)54(3,4)40-18-14-26-48(56)52(40)58/h5-32H,1-4H3. The highest BCUT2D eigenvalue weighted by atomic mass is 32.1. The second-order valence-corrected chi connectivity index (χ2v) is 18.5. The van der Waals surface area contributed by atoms with E-state index in [-0.39, 0.29) is 10.8 Å². The summed E-state index contributed by atoms with van der Waals surface area (Å²) in [7, 11) is 0. The summed E-state index contributed by atoms with van der Waals surface area (Å²) in [5, 5.41) is 2.55. The molecule has 0 amide bonds. The van der Waals surface area contributed by atoms with Crippen LogP contribution in [0.2, 0.25) is 0 Å². The van der Waals surface area contributed by atoms with Gasteiger partial charge in [0.05, 0.1) is 56.9 Å². The van der Waals surface area contributed by atoms with Crippen molar-refractivity contribution in [1.82, 2.24) is 0 Å². The average molecular weight is 777 g/mol. The Morgan fingerprint density at radius 3 is 1.08 bits per heavy atom. The molecule has 0 saturated heterocycles. The highest BCUT2D eigenvalue weighted by molar-refractivity contribution is 7.25. The molecule has 8 aromatic carbocycles. The lowest BCUT2D eigenvalue weighted by Gasteiger charge is -2.48. The molecule has 0 saturated carbocycles. The summed E-state index contributed by atoms with van der Waals surface area (Å²) in [5.41, 5.74) is 19.6. The maximum absolute atomic E-state index is 2.50. The van der Waals surface area contributed by atoms with E-state index in [9.17, 15) is 0 Å². The molecule has 13 rings (SSSR count). The van der Waals surface area contributed by atoms with Gasteiger partial charge in [0.2, 0.25) is 0 Å². The highest BCUT2D eigenvalue weighted by Crippen LogP contribution is 2.63. The van der Waals surface area contributed by atoms with Gasteiger partial charge in [0.1, 0.15) is 0 Å². The maximum Gasteiger partial charge on any atom is 0.0744 e. The predicted molar refractivity (Wildman–Crippen MR) is 249 cm³/mol. The minimum absolute atomic E-state index is 0.151. The van der Waals surface area contributed by atoms with E-state index in [1.165, 1.54) is 99.3 Å². The summed E-state index contributed by atoms with van der Waals surface area (Å²) >= 11 is 1.88. The van der Waals surface area contributed by atoms with Gasteiger partial charge in [-0.25, -0.2) is 0 Å². The Balaban J connectivity index is 1.00. The van der Waals surface area contributed by atoms with Crippen molar-refractivity contribution < 1.29 is 0 Å². The fraction of sp³-hybridized carbons (Fsp3) is 0.111. The lowest BCUT2D eigenvalue weighted by Crippen LogP contribution is -2.34. The van der Waals surface area contributed by atoms with Crippen LogP contribution in [0.5, 0.6) is 0 Å². The van der Waals surface area contributed by atoms with Crippen molar-refractivity contribution >= 4 is 99.8 Å². The van der Waals surface area contributed by atoms with Crippen molar-refractivity contribution in [2.45, 2.75) is 38.5 Å². The van der Waals surface area contributed by atoms with Gasteiger partial charge < -0.3 is 19.6 Å². The number of hydrogen-bond acceptors (Lipinski definition) is 5. The van der Waals surface area contributed by atoms with Gasteiger partial charge in [-0.2, -0.15) is 0 Å². The molecule has 0 fully saturated rings.